The first-order valence-corrected chi connectivity index (χ1v) is 15.2. The molecule has 1 saturated carbocycles. The van der Waals surface area contributed by atoms with Gasteiger partial charge in [0.15, 0.2) is 15.7 Å². The number of urea groups is 1. The SMILES string of the molecule is C[C@H]1COCCN1c1cc(C2(S(=O)(=O)CCCO)CCC2)nc(-c2ccc(NC(=O)NCc3ncc[nH]3)cc2)n1. The van der Waals surface area contributed by atoms with Crippen molar-refractivity contribution in [2.24, 2.45) is 0 Å². The van der Waals surface area contributed by atoms with E-state index in [9.17, 15) is 18.3 Å². The van der Waals surface area contributed by atoms with E-state index in [0.29, 0.717) is 67.0 Å². The minimum atomic E-state index is -3.56. The zero-order valence-corrected chi connectivity index (χ0v) is 23.3. The summed E-state index contributed by atoms with van der Waals surface area (Å²) in [6.07, 6.45) is 5.28. The maximum Gasteiger partial charge on any atom is 0.319 e. The molecule has 2 aromatic heterocycles. The van der Waals surface area contributed by atoms with Crippen LogP contribution in [0.4, 0.5) is 16.3 Å². The molecule has 2 aliphatic rings. The van der Waals surface area contributed by atoms with Gasteiger partial charge in [-0.05, 0) is 56.9 Å². The minimum Gasteiger partial charge on any atom is -0.396 e. The van der Waals surface area contributed by atoms with Crippen LogP contribution in [-0.2, 0) is 25.9 Å². The fraction of sp³-hybridized carbons (Fsp3) is 0.481. The summed E-state index contributed by atoms with van der Waals surface area (Å²) in [7, 11) is -3.56. The van der Waals surface area contributed by atoms with Crippen molar-refractivity contribution in [1.82, 2.24) is 25.3 Å². The highest BCUT2D eigenvalue weighted by molar-refractivity contribution is 7.92. The molecule has 1 atom stereocenters. The van der Waals surface area contributed by atoms with Crippen LogP contribution in [0.5, 0.6) is 0 Å². The number of hydrogen-bond acceptors (Lipinski definition) is 9. The summed E-state index contributed by atoms with van der Waals surface area (Å²) in [6.45, 7) is 3.88. The molecule has 0 radical (unpaired) electrons. The second kappa shape index (κ2) is 11.9. The van der Waals surface area contributed by atoms with Gasteiger partial charge in [0, 0.05) is 42.9 Å². The third kappa shape index (κ3) is 5.81. The number of aromatic nitrogens is 4. The Morgan fingerprint density at radius 2 is 2.05 bits per heavy atom. The highest BCUT2D eigenvalue weighted by Crippen LogP contribution is 2.49. The van der Waals surface area contributed by atoms with Gasteiger partial charge in [0.1, 0.15) is 16.4 Å². The van der Waals surface area contributed by atoms with E-state index in [4.69, 9.17) is 14.7 Å². The molecule has 2 amide bonds. The van der Waals surface area contributed by atoms with Crippen molar-refractivity contribution in [3.8, 4) is 11.4 Å². The topological polar surface area (TPSA) is 162 Å². The first kappa shape index (κ1) is 28.0. The number of hydrogen-bond donors (Lipinski definition) is 4. The molecule has 2 fully saturated rings. The van der Waals surface area contributed by atoms with Crippen molar-refractivity contribution in [2.75, 3.05) is 42.3 Å². The lowest BCUT2D eigenvalue weighted by Gasteiger charge is -2.41. The van der Waals surface area contributed by atoms with E-state index >= 15 is 0 Å². The van der Waals surface area contributed by atoms with Crippen LogP contribution in [0.2, 0.25) is 0 Å². The van der Waals surface area contributed by atoms with E-state index in [0.717, 1.165) is 6.42 Å². The van der Waals surface area contributed by atoms with E-state index in [1.165, 1.54) is 0 Å². The Kier molecular flexibility index (Phi) is 8.33. The molecule has 4 N–H and O–H groups in total. The smallest absolute Gasteiger partial charge is 0.319 e. The number of amides is 2. The molecule has 0 spiro atoms. The van der Waals surface area contributed by atoms with E-state index in [-0.39, 0.29) is 37.4 Å². The molecule has 1 saturated heterocycles. The first-order valence-electron chi connectivity index (χ1n) is 13.5. The van der Waals surface area contributed by atoms with Crippen LogP contribution in [0, 0.1) is 0 Å². The van der Waals surface area contributed by atoms with Crippen molar-refractivity contribution >= 4 is 27.4 Å². The maximum absolute atomic E-state index is 13.5. The summed E-state index contributed by atoms with van der Waals surface area (Å²) >= 11 is 0. The number of anilines is 2. The Morgan fingerprint density at radius 1 is 1.25 bits per heavy atom. The molecule has 214 valence electrons. The molecule has 40 heavy (non-hydrogen) atoms. The van der Waals surface area contributed by atoms with Gasteiger partial charge in [-0.15, -0.1) is 0 Å². The summed E-state index contributed by atoms with van der Waals surface area (Å²) in [5.74, 6) is 1.65. The fourth-order valence-electron chi connectivity index (χ4n) is 5.12. The van der Waals surface area contributed by atoms with Crippen LogP contribution >= 0.6 is 0 Å². The number of sulfone groups is 1. The number of imidazole rings is 1. The summed E-state index contributed by atoms with van der Waals surface area (Å²) < 4.78 is 31.5. The Morgan fingerprint density at radius 3 is 2.70 bits per heavy atom. The number of carbonyl (C=O) groups is 1. The normalized spacial score (nSPS) is 18.6. The molecular weight excluding hydrogens is 534 g/mol. The molecule has 1 aromatic carbocycles. The number of nitrogens with one attached hydrogen (secondary N) is 3. The second-order valence-corrected chi connectivity index (χ2v) is 12.6. The van der Waals surface area contributed by atoms with Crippen molar-refractivity contribution < 1.29 is 23.1 Å². The number of rotatable bonds is 10. The number of ether oxygens (including phenoxy) is 1. The van der Waals surface area contributed by atoms with Gasteiger partial charge in [-0.3, -0.25) is 0 Å². The number of nitrogens with zero attached hydrogens (tertiary/aromatic N) is 4. The third-order valence-corrected chi connectivity index (χ3v) is 10.2. The highest BCUT2D eigenvalue weighted by atomic mass is 32.2. The Bertz CT molecular complexity index is 1410. The Hall–Kier alpha value is -3.55. The molecule has 13 heteroatoms. The molecule has 1 aliphatic carbocycles. The molecule has 5 rings (SSSR count). The number of aliphatic hydroxyl groups is 1. The van der Waals surface area contributed by atoms with Gasteiger partial charge < -0.3 is 30.4 Å². The first-order chi connectivity index (χ1) is 19.3. The van der Waals surface area contributed by atoms with Crippen LogP contribution in [-0.4, -0.2) is 77.7 Å². The zero-order chi connectivity index (χ0) is 28.2. The van der Waals surface area contributed by atoms with Crippen LogP contribution in [0.25, 0.3) is 11.4 Å². The van der Waals surface area contributed by atoms with Gasteiger partial charge >= 0.3 is 6.03 Å². The summed E-state index contributed by atoms with van der Waals surface area (Å²) in [4.78, 5) is 31.1. The predicted octanol–water partition coefficient (Wildman–Crippen LogP) is 2.59. The lowest BCUT2D eigenvalue weighted by Crippen LogP contribution is -2.46. The van der Waals surface area contributed by atoms with Crippen LogP contribution < -0.4 is 15.5 Å². The molecule has 0 unspecified atom stereocenters. The Labute approximate surface area is 233 Å². The standard InChI is InChI=1S/C27H35N7O5S/c1-19-18-39-14-12-34(19)24-16-22(27(8-2-9-27)40(37,38)15-3-13-35)32-25(33-24)20-4-6-21(7-5-20)31-26(36)30-17-23-28-10-11-29-23/h4-7,10-11,16,19,35H,2-3,8-9,12-15,17-18H2,1H3,(H,28,29)(H2,30,31,36)/t19-/m0/s1. The van der Waals surface area contributed by atoms with Crippen LogP contribution in [0.15, 0.2) is 42.7 Å². The third-order valence-electron chi connectivity index (χ3n) is 7.54. The van der Waals surface area contributed by atoms with Crippen molar-refractivity contribution in [1.29, 1.82) is 0 Å². The van der Waals surface area contributed by atoms with Gasteiger partial charge in [0.2, 0.25) is 0 Å². The van der Waals surface area contributed by atoms with Crippen LogP contribution in [0.1, 0.15) is 44.1 Å². The van der Waals surface area contributed by atoms with Gasteiger partial charge in [-0.25, -0.2) is 28.2 Å². The number of morpholine rings is 1. The maximum atomic E-state index is 13.5. The predicted molar refractivity (Wildman–Crippen MR) is 151 cm³/mol. The summed E-state index contributed by atoms with van der Waals surface area (Å²) in [5.41, 5.74) is 1.78. The summed E-state index contributed by atoms with van der Waals surface area (Å²) in [5, 5.41) is 14.8. The minimum absolute atomic E-state index is 0.0685. The number of benzene rings is 1. The van der Waals surface area contributed by atoms with Crippen LogP contribution in [0.3, 0.4) is 0 Å². The average Bonchev–Trinajstić information content (AvgIpc) is 3.44. The van der Waals surface area contributed by atoms with E-state index < -0.39 is 14.6 Å². The van der Waals surface area contributed by atoms with E-state index in [2.05, 4.69) is 32.4 Å². The molecule has 1 aliphatic heterocycles. The summed E-state index contributed by atoms with van der Waals surface area (Å²) in [6, 6.07) is 8.64. The number of H-pyrrole nitrogens is 1. The van der Waals surface area contributed by atoms with Gasteiger partial charge in [-0.1, -0.05) is 0 Å². The van der Waals surface area contributed by atoms with Crippen molar-refractivity contribution in [3.63, 3.8) is 0 Å². The highest BCUT2D eigenvalue weighted by Gasteiger charge is 2.51. The number of aliphatic hydroxyl groups excluding tert-OH is 1. The largest absolute Gasteiger partial charge is 0.396 e. The van der Waals surface area contributed by atoms with Gasteiger partial charge in [-0.2, -0.15) is 0 Å². The molecular formula is C27H35N7O5S. The number of aromatic amines is 1. The zero-order valence-electron chi connectivity index (χ0n) is 22.5. The van der Waals surface area contributed by atoms with Gasteiger partial charge in [0.05, 0.1) is 37.2 Å². The molecule has 3 aromatic rings. The molecule has 12 nitrogen and oxygen atoms in total. The van der Waals surface area contributed by atoms with E-state index in [1.807, 2.05) is 18.2 Å². The quantitative estimate of drug-likeness (QED) is 0.287. The number of carbonyl (C=O) groups excluding carboxylic acids is 1. The molecule has 0 bridgehead atoms. The lowest BCUT2D eigenvalue weighted by molar-refractivity contribution is 0.0985. The van der Waals surface area contributed by atoms with Gasteiger partial charge in [0.25, 0.3) is 0 Å². The van der Waals surface area contributed by atoms with Crippen molar-refractivity contribution in [2.45, 2.75) is 49.9 Å². The Balaban J connectivity index is 1.43. The molecule has 3 heterocycles. The van der Waals surface area contributed by atoms with Crippen molar-refractivity contribution in [3.05, 3.63) is 54.2 Å². The van der Waals surface area contributed by atoms with E-state index in [1.54, 1.807) is 24.5 Å². The fourth-order valence-corrected chi connectivity index (χ4v) is 7.36. The monoisotopic (exact) mass is 569 g/mol. The second-order valence-electron chi connectivity index (χ2n) is 10.2. The average molecular weight is 570 g/mol. The lowest BCUT2D eigenvalue weighted by atomic mass is 9.81.